The summed E-state index contributed by atoms with van der Waals surface area (Å²) in [5, 5.41) is 6.06. The highest BCUT2D eigenvalue weighted by molar-refractivity contribution is 9.10. The van der Waals surface area contributed by atoms with Crippen molar-refractivity contribution in [1.82, 2.24) is 10.1 Å². The molecular formula is C12H12BrN3O3. The lowest BCUT2D eigenvalue weighted by molar-refractivity contribution is -0.122. The number of aromatic nitrogens is 2. The molecule has 1 heterocycles. The van der Waals surface area contributed by atoms with Gasteiger partial charge in [0.25, 0.3) is 5.91 Å². The normalized spacial score (nSPS) is 11.9. The number of anilines is 1. The fourth-order valence-electron chi connectivity index (χ4n) is 1.34. The summed E-state index contributed by atoms with van der Waals surface area (Å²) in [7, 11) is 0. The molecule has 6 nitrogen and oxygen atoms in total. The minimum atomic E-state index is -0.689. The molecule has 0 aliphatic heterocycles. The van der Waals surface area contributed by atoms with Gasteiger partial charge in [0.2, 0.25) is 0 Å². The summed E-state index contributed by atoms with van der Waals surface area (Å²) >= 11 is 3.35. The van der Waals surface area contributed by atoms with Crippen LogP contribution in [0.3, 0.4) is 0 Å². The van der Waals surface area contributed by atoms with E-state index in [1.54, 1.807) is 19.9 Å². The van der Waals surface area contributed by atoms with Gasteiger partial charge in [0.15, 0.2) is 11.9 Å². The Bertz CT molecular complexity index is 585. The zero-order chi connectivity index (χ0) is 13.8. The lowest BCUT2D eigenvalue weighted by Gasteiger charge is -2.14. The summed E-state index contributed by atoms with van der Waals surface area (Å²) in [4.78, 5) is 15.7. The number of halogens is 1. The number of benzene rings is 1. The van der Waals surface area contributed by atoms with E-state index in [0.29, 0.717) is 11.6 Å². The van der Waals surface area contributed by atoms with E-state index in [9.17, 15) is 4.79 Å². The van der Waals surface area contributed by atoms with Crippen LogP contribution in [0.2, 0.25) is 0 Å². The van der Waals surface area contributed by atoms with Gasteiger partial charge in [-0.3, -0.25) is 10.1 Å². The first-order valence-electron chi connectivity index (χ1n) is 5.58. The zero-order valence-corrected chi connectivity index (χ0v) is 12.0. The van der Waals surface area contributed by atoms with E-state index in [4.69, 9.17) is 9.26 Å². The van der Waals surface area contributed by atoms with Crippen LogP contribution in [0.15, 0.2) is 33.3 Å². The molecule has 0 bridgehead atoms. The molecule has 1 N–H and O–H groups in total. The van der Waals surface area contributed by atoms with E-state index in [1.807, 2.05) is 18.2 Å². The van der Waals surface area contributed by atoms with Gasteiger partial charge in [-0.05, 0) is 41.9 Å². The van der Waals surface area contributed by atoms with Crippen LogP contribution in [0.4, 0.5) is 6.01 Å². The molecule has 7 heteroatoms. The summed E-state index contributed by atoms with van der Waals surface area (Å²) in [6.45, 7) is 3.30. The largest absolute Gasteiger partial charge is 0.480 e. The van der Waals surface area contributed by atoms with E-state index in [2.05, 4.69) is 31.4 Å². The Morgan fingerprint density at radius 3 is 2.84 bits per heavy atom. The maximum Gasteiger partial charge on any atom is 0.328 e. The summed E-state index contributed by atoms with van der Waals surface area (Å²) in [6, 6.07) is 7.35. The number of carbonyl (C=O) groups is 1. The van der Waals surface area contributed by atoms with Gasteiger partial charge < -0.3 is 9.26 Å². The van der Waals surface area contributed by atoms with Gasteiger partial charge in [0.1, 0.15) is 5.75 Å². The lowest BCUT2D eigenvalue weighted by Crippen LogP contribution is -2.30. The van der Waals surface area contributed by atoms with Crippen molar-refractivity contribution >= 4 is 27.9 Å². The Labute approximate surface area is 118 Å². The van der Waals surface area contributed by atoms with Crippen LogP contribution in [0.5, 0.6) is 5.75 Å². The fourth-order valence-corrected chi connectivity index (χ4v) is 1.72. The molecule has 2 aromatic rings. The second-order valence-corrected chi connectivity index (χ2v) is 4.68. The van der Waals surface area contributed by atoms with Crippen molar-refractivity contribution in [2.45, 2.75) is 20.0 Å². The van der Waals surface area contributed by atoms with E-state index in [-0.39, 0.29) is 11.9 Å². The summed E-state index contributed by atoms with van der Waals surface area (Å²) < 4.78 is 11.1. The number of amides is 1. The van der Waals surface area contributed by atoms with Gasteiger partial charge in [0, 0.05) is 0 Å². The molecule has 1 amide bonds. The van der Waals surface area contributed by atoms with Crippen LogP contribution in [-0.2, 0) is 4.79 Å². The summed E-state index contributed by atoms with van der Waals surface area (Å²) in [6.07, 6.45) is -0.689. The number of hydrogen-bond donors (Lipinski definition) is 1. The average Bonchev–Trinajstić information content (AvgIpc) is 2.77. The molecular weight excluding hydrogens is 314 g/mol. The highest BCUT2D eigenvalue weighted by Crippen LogP contribution is 2.24. The molecule has 0 saturated heterocycles. The minimum Gasteiger partial charge on any atom is -0.480 e. The van der Waals surface area contributed by atoms with E-state index >= 15 is 0 Å². The molecule has 1 aromatic heterocycles. The number of nitrogens with zero attached hydrogens (tertiary/aromatic N) is 2. The third-order valence-corrected chi connectivity index (χ3v) is 2.92. The number of rotatable bonds is 4. The van der Waals surface area contributed by atoms with Gasteiger partial charge in [-0.2, -0.15) is 4.98 Å². The number of aryl methyl sites for hydroxylation is 1. The number of nitrogens with one attached hydrogen (secondary N) is 1. The molecule has 0 radical (unpaired) electrons. The smallest absolute Gasteiger partial charge is 0.328 e. The molecule has 0 aliphatic carbocycles. The van der Waals surface area contributed by atoms with Crippen LogP contribution >= 0.6 is 15.9 Å². The SMILES string of the molecule is Cc1noc(NC(=O)C(C)Oc2ccccc2Br)n1. The molecule has 0 fully saturated rings. The number of carbonyl (C=O) groups excluding carboxylic acids is 1. The van der Waals surface area contributed by atoms with Gasteiger partial charge in [0.05, 0.1) is 4.47 Å². The first-order chi connectivity index (χ1) is 9.06. The first kappa shape index (κ1) is 13.5. The van der Waals surface area contributed by atoms with Crippen LogP contribution in [0, 0.1) is 6.92 Å². The quantitative estimate of drug-likeness (QED) is 0.934. The molecule has 1 unspecified atom stereocenters. The molecule has 0 spiro atoms. The Hall–Kier alpha value is -1.89. The van der Waals surface area contributed by atoms with Crippen LogP contribution in [0.1, 0.15) is 12.7 Å². The van der Waals surface area contributed by atoms with Gasteiger partial charge in [-0.1, -0.05) is 17.3 Å². The van der Waals surface area contributed by atoms with Gasteiger partial charge in [-0.25, -0.2) is 0 Å². The van der Waals surface area contributed by atoms with E-state index < -0.39 is 6.10 Å². The van der Waals surface area contributed by atoms with Crippen LogP contribution in [0.25, 0.3) is 0 Å². The highest BCUT2D eigenvalue weighted by Gasteiger charge is 2.18. The third kappa shape index (κ3) is 3.54. The second-order valence-electron chi connectivity index (χ2n) is 3.83. The lowest BCUT2D eigenvalue weighted by atomic mass is 10.3. The topological polar surface area (TPSA) is 77.2 Å². The molecule has 0 aliphatic rings. The van der Waals surface area contributed by atoms with Gasteiger partial charge >= 0.3 is 6.01 Å². The number of ether oxygens (including phenoxy) is 1. The monoisotopic (exact) mass is 325 g/mol. The predicted molar refractivity (Wildman–Crippen MR) is 71.9 cm³/mol. The van der Waals surface area contributed by atoms with E-state index in [0.717, 1.165) is 4.47 Å². The number of hydrogen-bond acceptors (Lipinski definition) is 5. The van der Waals surface area contributed by atoms with Crippen molar-refractivity contribution in [1.29, 1.82) is 0 Å². The average molecular weight is 326 g/mol. The van der Waals surface area contributed by atoms with Crippen molar-refractivity contribution in [3.63, 3.8) is 0 Å². The molecule has 2 rings (SSSR count). The Balaban J connectivity index is 1.98. The molecule has 0 saturated carbocycles. The maximum atomic E-state index is 11.9. The van der Waals surface area contributed by atoms with Crippen molar-refractivity contribution in [2.75, 3.05) is 5.32 Å². The summed E-state index contributed by atoms with van der Waals surface area (Å²) in [5.74, 6) is 0.681. The van der Waals surface area contributed by atoms with E-state index in [1.165, 1.54) is 0 Å². The first-order valence-corrected chi connectivity index (χ1v) is 6.38. The standard InChI is InChI=1S/C12H12BrN3O3/c1-7(18-10-6-4-3-5-9(10)13)11(17)15-12-14-8(2)16-19-12/h3-7H,1-2H3,(H,14,15,16,17). The van der Waals surface area contributed by atoms with Crippen molar-refractivity contribution < 1.29 is 14.1 Å². The van der Waals surface area contributed by atoms with Gasteiger partial charge in [-0.15, -0.1) is 0 Å². The van der Waals surface area contributed by atoms with Crippen molar-refractivity contribution in [3.05, 3.63) is 34.6 Å². The second kappa shape index (κ2) is 5.83. The fraction of sp³-hybridized carbons (Fsp3) is 0.250. The molecule has 19 heavy (non-hydrogen) atoms. The Morgan fingerprint density at radius 2 is 2.21 bits per heavy atom. The predicted octanol–water partition coefficient (Wildman–Crippen LogP) is 2.55. The third-order valence-electron chi connectivity index (χ3n) is 2.27. The summed E-state index contributed by atoms with van der Waals surface area (Å²) in [5.41, 5.74) is 0. The van der Waals surface area contributed by atoms with Crippen LogP contribution < -0.4 is 10.1 Å². The highest BCUT2D eigenvalue weighted by atomic mass is 79.9. The van der Waals surface area contributed by atoms with Crippen molar-refractivity contribution in [3.8, 4) is 5.75 Å². The van der Waals surface area contributed by atoms with Crippen molar-refractivity contribution in [2.24, 2.45) is 0 Å². The molecule has 1 atom stereocenters. The molecule has 1 aromatic carbocycles. The molecule has 100 valence electrons. The Kier molecular flexibility index (Phi) is 4.16. The minimum absolute atomic E-state index is 0.0603. The maximum absolute atomic E-state index is 11.9. The number of para-hydroxylation sites is 1. The Morgan fingerprint density at radius 1 is 1.47 bits per heavy atom. The zero-order valence-electron chi connectivity index (χ0n) is 10.4. The van der Waals surface area contributed by atoms with Crippen LogP contribution in [-0.4, -0.2) is 22.2 Å².